The molecule has 2 heterocycles. The maximum Gasteiger partial charge on any atom is 0.258 e. The Labute approximate surface area is 285 Å². The van der Waals surface area contributed by atoms with Crippen molar-refractivity contribution in [3.05, 3.63) is 46.5 Å². The van der Waals surface area contributed by atoms with Gasteiger partial charge in [-0.3, -0.25) is 0 Å². The van der Waals surface area contributed by atoms with E-state index in [0.717, 1.165) is 16.7 Å². The Bertz CT molecular complexity index is 1690. The highest BCUT2D eigenvalue weighted by atomic mass is 32.2. The van der Waals surface area contributed by atoms with Gasteiger partial charge >= 0.3 is 0 Å². The van der Waals surface area contributed by atoms with Gasteiger partial charge in [0.15, 0.2) is 5.52 Å². The molecule has 1 aliphatic rings. The first-order valence-electron chi connectivity index (χ1n) is 17.2. The van der Waals surface area contributed by atoms with E-state index in [4.69, 9.17) is 8.85 Å². The number of hydrogen-bond acceptors (Lipinski definition) is 6. The number of benzene rings is 2. The first-order valence-corrected chi connectivity index (χ1v) is 22.9. The maximum atomic E-state index is 13.9. The molecule has 3 aromatic rings. The van der Waals surface area contributed by atoms with Crippen LogP contribution in [0.3, 0.4) is 0 Å². The molecule has 1 aromatic heterocycles. The summed E-state index contributed by atoms with van der Waals surface area (Å²) in [5.74, 6) is 7.49. The number of fused-ring (bicyclic) bond motifs is 3. The van der Waals surface area contributed by atoms with Crippen molar-refractivity contribution >= 4 is 37.7 Å². The summed E-state index contributed by atoms with van der Waals surface area (Å²) in [6, 6.07) is 7.01. The van der Waals surface area contributed by atoms with Crippen molar-refractivity contribution in [2.45, 2.75) is 141 Å². The summed E-state index contributed by atoms with van der Waals surface area (Å²) in [6.45, 7) is 29.8. The van der Waals surface area contributed by atoms with Gasteiger partial charge in [0.1, 0.15) is 11.3 Å². The molecule has 0 radical (unpaired) electrons. The SMILES string of the molecule is Cc1ccc(S(=O)(=O)N2Cc3c(C#CCO[Si](C(C)C)(C(C)C)C(C)C)c(O[Si](C(C)C)(C(C)C)C(C)C)c4n[nH]nc4c3C2)cc1. The van der Waals surface area contributed by atoms with Crippen LogP contribution in [0.5, 0.6) is 5.75 Å². The van der Waals surface area contributed by atoms with Crippen LogP contribution in [0, 0.1) is 18.8 Å². The molecule has 0 fully saturated rings. The molecule has 0 saturated heterocycles. The Morgan fingerprint density at radius 1 is 0.766 bits per heavy atom. The quantitative estimate of drug-likeness (QED) is 0.150. The average molecular weight is 697 g/mol. The second-order valence-corrected chi connectivity index (χ2v) is 27.9. The molecule has 1 N–H and O–H groups in total. The number of nitrogens with zero attached hydrogens (tertiary/aromatic N) is 3. The first-order chi connectivity index (χ1) is 21.9. The van der Waals surface area contributed by atoms with Crippen LogP contribution in [0.2, 0.25) is 33.2 Å². The van der Waals surface area contributed by atoms with Gasteiger partial charge in [-0.2, -0.15) is 19.7 Å². The Morgan fingerprint density at radius 3 is 1.77 bits per heavy atom. The van der Waals surface area contributed by atoms with Crippen LogP contribution in [0.4, 0.5) is 0 Å². The summed E-state index contributed by atoms with van der Waals surface area (Å²) < 4.78 is 43.6. The molecular formula is C36H56N4O4SSi2. The highest BCUT2D eigenvalue weighted by molar-refractivity contribution is 7.89. The molecule has 0 aliphatic carbocycles. The fraction of sp³-hybridized carbons (Fsp3) is 0.611. The second-order valence-electron chi connectivity index (χ2n) is 15.1. The van der Waals surface area contributed by atoms with Gasteiger partial charge in [0, 0.05) is 18.7 Å². The highest BCUT2D eigenvalue weighted by Crippen LogP contribution is 2.47. The van der Waals surface area contributed by atoms with E-state index < -0.39 is 26.7 Å². The molecule has 0 amide bonds. The third-order valence-electron chi connectivity index (χ3n) is 10.6. The van der Waals surface area contributed by atoms with E-state index in [1.54, 1.807) is 12.1 Å². The Hall–Kier alpha value is -2.50. The third kappa shape index (κ3) is 6.61. The Morgan fingerprint density at radius 2 is 1.26 bits per heavy atom. The average Bonchev–Trinajstić information content (AvgIpc) is 3.64. The molecule has 0 unspecified atom stereocenters. The zero-order valence-electron chi connectivity index (χ0n) is 30.8. The molecule has 1 aliphatic heterocycles. The summed E-state index contributed by atoms with van der Waals surface area (Å²) in [7, 11) is -8.38. The van der Waals surface area contributed by atoms with Crippen molar-refractivity contribution in [1.29, 1.82) is 0 Å². The van der Waals surface area contributed by atoms with E-state index in [9.17, 15) is 8.42 Å². The van der Waals surface area contributed by atoms with Crippen LogP contribution < -0.4 is 4.43 Å². The third-order valence-corrected chi connectivity index (χ3v) is 24.4. The van der Waals surface area contributed by atoms with Crippen LogP contribution in [-0.4, -0.2) is 51.4 Å². The molecule has 0 bridgehead atoms. The lowest BCUT2D eigenvalue weighted by molar-refractivity contribution is 0.322. The maximum absolute atomic E-state index is 13.9. The molecule has 47 heavy (non-hydrogen) atoms. The van der Waals surface area contributed by atoms with Crippen molar-refractivity contribution in [3.8, 4) is 17.6 Å². The number of H-pyrrole nitrogens is 1. The van der Waals surface area contributed by atoms with E-state index in [1.165, 1.54) is 4.31 Å². The minimum Gasteiger partial charge on any atom is -0.540 e. The molecule has 8 nitrogen and oxygen atoms in total. The standard InChI is InChI=1S/C36H56N4O4SSi2/c1-23(2)46(24(3)4,25(5)6)43-20-14-15-31-32-21-40(45(41,42)30-18-16-29(13)17-19-30)22-33(32)34-35(38-39-37-34)36(31)44-47(26(7)8,27(9)10)28(11)12/h16-19,23-28H,20-22H2,1-13H3,(H,37,38,39). The topological polar surface area (TPSA) is 97.4 Å². The van der Waals surface area contributed by atoms with Crippen molar-refractivity contribution in [2.24, 2.45) is 0 Å². The number of aromatic nitrogens is 3. The van der Waals surface area contributed by atoms with E-state index in [0.29, 0.717) is 62.2 Å². The van der Waals surface area contributed by atoms with Crippen molar-refractivity contribution < 1.29 is 17.3 Å². The van der Waals surface area contributed by atoms with E-state index >= 15 is 0 Å². The molecule has 0 atom stereocenters. The molecule has 258 valence electrons. The molecule has 4 rings (SSSR count). The molecule has 0 spiro atoms. The summed E-state index contributed by atoms with van der Waals surface area (Å²) in [5.41, 5.74) is 6.88. The summed E-state index contributed by atoms with van der Waals surface area (Å²) in [6.07, 6.45) is 0. The zero-order chi connectivity index (χ0) is 35.1. The Kier molecular flexibility index (Phi) is 11.2. The van der Waals surface area contributed by atoms with Gasteiger partial charge in [0.05, 0.1) is 17.1 Å². The smallest absolute Gasteiger partial charge is 0.258 e. The summed E-state index contributed by atoms with van der Waals surface area (Å²) >= 11 is 0. The van der Waals surface area contributed by atoms with Crippen molar-refractivity contribution in [1.82, 2.24) is 19.7 Å². The van der Waals surface area contributed by atoms with Gasteiger partial charge < -0.3 is 8.85 Å². The number of sulfonamides is 1. The number of nitrogens with one attached hydrogen (secondary N) is 1. The molecule has 11 heteroatoms. The lowest BCUT2D eigenvalue weighted by atomic mass is 10.0. The number of aromatic amines is 1. The zero-order valence-corrected chi connectivity index (χ0v) is 33.6. The van der Waals surface area contributed by atoms with E-state index in [2.05, 4.69) is 110 Å². The van der Waals surface area contributed by atoms with Gasteiger partial charge in [0.2, 0.25) is 18.3 Å². The van der Waals surface area contributed by atoms with Gasteiger partial charge in [-0.15, -0.1) is 0 Å². The van der Waals surface area contributed by atoms with Crippen LogP contribution >= 0.6 is 0 Å². The fourth-order valence-electron chi connectivity index (χ4n) is 8.48. The predicted octanol–water partition coefficient (Wildman–Crippen LogP) is 9.07. The van der Waals surface area contributed by atoms with Crippen molar-refractivity contribution in [3.63, 3.8) is 0 Å². The highest BCUT2D eigenvalue weighted by Gasteiger charge is 2.49. The monoisotopic (exact) mass is 696 g/mol. The lowest BCUT2D eigenvalue weighted by Crippen LogP contribution is -2.51. The van der Waals surface area contributed by atoms with E-state index in [1.807, 2.05) is 19.1 Å². The van der Waals surface area contributed by atoms with Crippen LogP contribution in [-0.2, 0) is 27.5 Å². The number of rotatable bonds is 12. The lowest BCUT2D eigenvalue weighted by Gasteiger charge is -2.42. The Balaban J connectivity index is 1.91. The number of hydrogen-bond donors (Lipinski definition) is 1. The van der Waals surface area contributed by atoms with Gasteiger partial charge in [-0.05, 0) is 57.9 Å². The first kappa shape index (κ1) is 37.3. The van der Waals surface area contributed by atoms with Crippen LogP contribution in [0.15, 0.2) is 29.2 Å². The minimum absolute atomic E-state index is 0.178. The van der Waals surface area contributed by atoms with E-state index in [-0.39, 0.29) is 18.0 Å². The second kappa shape index (κ2) is 14.2. The largest absolute Gasteiger partial charge is 0.540 e. The normalized spacial score (nSPS) is 14.7. The van der Waals surface area contributed by atoms with Gasteiger partial charge in [0.25, 0.3) is 8.32 Å². The van der Waals surface area contributed by atoms with Crippen LogP contribution in [0.25, 0.3) is 11.0 Å². The van der Waals surface area contributed by atoms with Gasteiger partial charge in [-0.1, -0.05) is 113 Å². The minimum atomic E-state index is -3.78. The summed E-state index contributed by atoms with van der Waals surface area (Å²) in [5, 5.41) is 12.0. The molecule has 0 saturated carbocycles. The van der Waals surface area contributed by atoms with Crippen LogP contribution in [0.1, 0.15) is 105 Å². The summed E-state index contributed by atoms with van der Waals surface area (Å²) in [4.78, 5) is 0.271. The predicted molar refractivity (Wildman–Crippen MR) is 197 cm³/mol. The molecular weight excluding hydrogens is 641 g/mol. The van der Waals surface area contributed by atoms with Crippen molar-refractivity contribution in [2.75, 3.05) is 6.61 Å². The molecule has 2 aromatic carbocycles. The number of aryl methyl sites for hydroxylation is 1. The van der Waals surface area contributed by atoms with Gasteiger partial charge in [-0.25, -0.2) is 8.42 Å². The fourth-order valence-corrected chi connectivity index (χ4v) is 20.4.